The number of likely N-dealkylation sites (N-methyl/N-ethyl adjacent to an activating group) is 2. The number of hydrogen-bond acceptors (Lipinski definition) is 2. The highest BCUT2D eigenvalue weighted by atomic mass is 79.9. The van der Waals surface area contributed by atoms with Crippen LogP contribution in [0.5, 0.6) is 0 Å². The first-order valence-electron chi connectivity index (χ1n) is 8.74. The lowest BCUT2D eigenvalue weighted by Gasteiger charge is -2.33. The summed E-state index contributed by atoms with van der Waals surface area (Å²) < 4.78 is 1.01. The second-order valence-electron chi connectivity index (χ2n) is 6.52. The average Bonchev–Trinajstić information content (AvgIpc) is 3.06. The molecule has 0 radical (unpaired) electrons. The Morgan fingerprint density at radius 3 is 2.12 bits per heavy atom. The van der Waals surface area contributed by atoms with E-state index in [1.165, 1.54) is 0 Å². The number of halogens is 1. The summed E-state index contributed by atoms with van der Waals surface area (Å²) >= 11 is 3.46. The minimum atomic E-state index is -0.473. The molecular formula is C19H27BrN2O2. The van der Waals surface area contributed by atoms with E-state index in [0.717, 1.165) is 35.7 Å². The topological polar surface area (TPSA) is 40.6 Å². The summed E-state index contributed by atoms with van der Waals surface area (Å²) in [5, 5.41) is 0. The molecule has 1 aromatic carbocycles. The van der Waals surface area contributed by atoms with E-state index in [-0.39, 0.29) is 18.4 Å². The van der Waals surface area contributed by atoms with Crippen LogP contribution in [0.1, 0.15) is 45.1 Å². The van der Waals surface area contributed by atoms with Gasteiger partial charge in [-0.05, 0) is 44.4 Å². The van der Waals surface area contributed by atoms with Crippen molar-refractivity contribution in [2.45, 2.75) is 44.9 Å². The molecule has 0 unspecified atom stereocenters. The summed E-state index contributed by atoms with van der Waals surface area (Å²) in [6.07, 6.45) is 3.83. The van der Waals surface area contributed by atoms with Gasteiger partial charge in [0.05, 0.1) is 12.0 Å². The number of amides is 2. The fourth-order valence-corrected chi connectivity index (χ4v) is 3.95. The molecule has 0 saturated heterocycles. The van der Waals surface area contributed by atoms with Crippen molar-refractivity contribution >= 4 is 27.7 Å². The van der Waals surface area contributed by atoms with E-state index in [1.54, 1.807) is 16.8 Å². The monoisotopic (exact) mass is 394 g/mol. The van der Waals surface area contributed by atoms with Crippen LogP contribution in [0.3, 0.4) is 0 Å². The lowest BCUT2D eigenvalue weighted by molar-refractivity contribution is -0.142. The Kier molecular flexibility index (Phi) is 6.44. The summed E-state index contributed by atoms with van der Waals surface area (Å²) in [6, 6.07) is 8.05. The highest BCUT2D eigenvalue weighted by Gasteiger charge is 2.44. The molecule has 1 aromatic rings. The highest BCUT2D eigenvalue weighted by molar-refractivity contribution is 9.10. The van der Waals surface area contributed by atoms with Gasteiger partial charge in [0.25, 0.3) is 0 Å². The largest absolute Gasteiger partial charge is 0.342 e. The third kappa shape index (κ3) is 3.82. The fourth-order valence-electron chi connectivity index (χ4n) is 3.69. The van der Waals surface area contributed by atoms with Gasteiger partial charge in [0.2, 0.25) is 11.8 Å². The molecule has 0 atom stereocenters. The second-order valence-corrected chi connectivity index (χ2v) is 7.44. The summed E-state index contributed by atoms with van der Waals surface area (Å²) in [5.74, 6) is 0.0858. The van der Waals surface area contributed by atoms with Crippen LogP contribution in [0, 0.1) is 0 Å². The van der Waals surface area contributed by atoms with E-state index >= 15 is 0 Å². The van der Waals surface area contributed by atoms with Crippen molar-refractivity contribution in [2.24, 2.45) is 0 Å². The summed E-state index contributed by atoms with van der Waals surface area (Å²) in [4.78, 5) is 29.0. The van der Waals surface area contributed by atoms with Gasteiger partial charge in [-0.25, -0.2) is 0 Å². The van der Waals surface area contributed by atoms with Crippen LogP contribution < -0.4 is 0 Å². The summed E-state index contributed by atoms with van der Waals surface area (Å²) in [5.41, 5.74) is 0.592. The Balaban J connectivity index is 2.20. The Morgan fingerprint density at radius 1 is 1.08 bits per heavy atom. The number of rotatable bonds is 6. The van der Waals surface area contributed by atoms with Gasteiger partial charge < -0.3 is 9.80 Å². The van der Waals surface area contributed by atoms with Crippen LogP contribution in [0.4, 0.5) is 0 Å². The van der Waals surface area contributed by atoms with Crippen LogP contribution in [-0.4, -0.2) is 48.3 Å². The zero-order valence-corrected chi connectivity index (χ0v) is 16.4. The molecule has 4 nitrogen and oxygen atoms in total. The molecule has 24 heavy (non-hydrogen) atoms. The zero-order chi connectivity index (χ0) is 17.7. The molecule has 1 saturated carbocycles. The van der Waals surface area contributed by atoms with Crippen molar-refractivity contribution in [1.29, 1.82) is 0 Å². The number of carbonyl (C=O) groups is 2. The fraction of sp³-hybridized carbons (Fsp3) is 0.579. The van der Waals surface area contributed by atoms with E-state index < -0.39 is 5.41 Å². The van der Waals surface area contributed by atoms with Crippen LogP contribution in [0.2, 0.25) is 0 Å². The first kappa shape index (κ1) is 19.0. The summed E-state index contributed by atoms with van der Waals surface area (Å²) in [7, 11) is 1.75. The number of nitrogens with zero attached hydrogens (tertiary/aromatic N) is 2. The van der Waals surface area contributed by atoms with E-state index in [9.17, 15) is 9.59 Å². The molecule has 0 heterocycles. The maximum Gasteiger partial charge on any atom is 0.242 e. The minimum absolute atomic E-state index is 0.0137. The third-order valence-corrected chi connectivity index (χ3v) is 5.63. The van der Waals surface area contributed by atoms with E-state index in [1.807, 2.05) is 38.1 Å². The first-order chi connectivity index (χ1) is 11.4. The lowest BCUT2D eigenvalue weighted by atomic mass is 9.77. The third-order valence-electron chi connectivity index (χ3n) is 5.10. The quantitative estimate of drug-likeness (QED) is 0.739. The molecule has 0 N–H and O–H groups in total. The maximum atomic E-state index is 13.2. The molecule has 2 amide bonds. The second kappa shape index (κ2) is 8.15. The Bertz CT molecular complexity index is 576. The molecule has 5 heteroatoms. The smallest absolute Gasteiger partial charge is 0.242 e. The number of hydrogen-bond donors (Lipinski definition) is 0. The highest BCUT2D eigenvalue weighted by Crippen LogP contribution is 2.42. The van der Waals surface area contributed by atoms with Crippen LogP contribution >= 0.6 is 15.9 Å². The normalized spacial score (nSPS) is 16.0. The van der Waals surface area contributed by atoms with Crippen molar-refractivity contribution in [3.8, 4) is 0 Å². The van der Waals surface area contributed by atoms with Gasteiger partial charge in [-0.1, -0.05) is 40.9 Å². The molecule has 0 spiro atoms. The summed E-state index contributed by atoms with van der Waals surface area (Å²) in [6.45, 7) is 5.43. The Hall–Kier alpha value is -1.36. The van der Waals surface area contributed by atoms with Crippen molar-refractivity contribution < 1.29 is 9.59 Å². The zero-order valence-electron chi connectivity index (χ0n) is 14.8. The molecule has 132 valence electrons. The van der Waals surface area contributed by atoms with Crippen molar-refractivity contribution in [3.05, 3.63) is 34.3 Å². The van der Waals surface area contributed by atoms with Gasteiger partial charge in [0.15, 0.2) is 0 Å². The molecule has 2 rings (SSSR count). The van der Waals surface area contributed by atoms with Crippen LogP contribution in [-0.2, 0) is 15.0 Å². The lowest BCUT2D eigenvalue weighted by Crippen LogP contribution is -2.48. The molecule has 0 bridgehead atoms. The maximum absolute atomic E-state index is 13.2. The molecule has 0 aromatic heterocycles. The van der Waals surface area contributed by atoms with Gasteiger partial charge in [0, 0.05) is 24.6 Å². The van der Waals surface area contributed by atoms with Gasteiger partial charge in [-0.2, -0.15) is 0 Å². The van der Waals surface area contributed by atoms with Crippen molar-refractivity contribution in [1.82, 2.24) is 9.80 Å². The Morgan fingerprint density at radius 2 is 1.62 bits per heavy atom. The van der Waals surface area contributed by atoms with E-state index in [0.29, 0.717) is 13.1 Å². The standard InChI is InChI=1S/C19H27BrN2O2/c1-4-22(5-2)17(23)14-21(3)18(24)19(12-6-7-13-19)15-8-10-16(20)11-9-15/h8-11H,4-7,12-14H2,1-3H3. The minimum Gasteiger partial charge on any atom is -0.342 e. The molecule has 1 fully saturated rings. The van der Waals surface area contributed by atoms with E-state index in [4.69, 9.17) is 0 Å². The van der Waals surface area contributed by atoms with Gasteiger partial charge in [-0.3, -0.25) is 9.59 Å². The van der Waals surface area contributed by atoms with Gasteiger partial charge >= 0.3 is 0 Å². The number of carbonyl (C=O) groups excluding carboxylic acids is 2. The predicted octanol–water partition coefficient (Wildman–Crippen LogP) is 3.59. The first-order valence-corrected chi connectivity index (χ1v) is 9.53. The Labute approximate surface area is 153 Å². The van der Waals surface area contributed by atoms with Gasteiger partial charge in [0.1, 0.15) is 0 Å². The number of benzene rings is 1. The molecule has 1 aliphatic rings. The molecule has 1 aliphatic carbocycles. The van der Waals surface area contributed by atoms with Gasteiger partial charge in [-0.15, -0.1) is 0 Å². The van der Waals surface area contributed by atoms with Crippen molar-refractivity contribution in [3.63, 3.8) is 0 Å². The van der Waals surface area contributed by atoms with Crippen molar-refractivity contribution in [2.75, 3.05) is 26.7 Å². The van der Waals surface area contributed by atoms with Crippen LogP contribution in [0.15, 0.2) is 28.7 Å². The average molecular weight is 395 g/mol. The molecular weight excluding hydrogens is 368 g/mol. The van der Waals surface area contributed by atoms with E-state index in [2.05, 4.69) is 15.9 Å². The SMILES string of the molecule is CCN(CC)C(=O)CN(C)C(=O)C1(c2ccc(Br)cc2)CCCC1. The van der Waals surface area contributed by atoms with Crippen LogP contribution in [0.25, 0.3) is 0 Å². The molecule has 0 aliphatic heterocycles. The predicted molar refractivity (Wildman–Crippen MR) is 99.9 cm³/mol.